The fourth-order valence-corrected chi connectivity index (χ4v) is 22.8. The van der Waals surface area contributed by atoms with Crippen molar-refractivity contribution in [2.24, 2.45) is 0 Å². The van der Waals surface area contributed by atoms with Crippen molar-refractivity contribution < 1.29 is 0 Å². The van der Waals surface area contributed by atoms with E-state index in [4.69, 9.17) is 21.6 Å². The van der Waals surface area contributed by atoms with E-state index < -0.39 is 0 Å². The van der Waals surface area contributed by atoms with Gasteiger partial charge in [-0.1, -0.05) is 188 Å². The van der Waals surface area contributed by atoms with E-state index in [2.05, 4.69) is 286 Å². The van der Waals surface area contributed by atoms with Crippen molar-refractivity contribution in [3.05, 3.63) is 283 Å². The quantitative estimate of drug-likeness (QED) is 0.141. The first-order valence-electron chi connectivity index (χ1n) is 33.3. The number of hydrogen-bond donors (Lipinski definition) is 1. The molecule has 0 saturated heterocycles. The first-order chi connectivity index (χ1) is 50.0. The lowest BCUT2D eigenvalue weighted by Gasteiger charge is -2.12. The molecular weight excluding hydrogens is 1370 g/mol. The Balaban J connectivity index is 0.000000106. The largest absolute Gasteiger partial charge is 0.299 e. The molecule has 24 rings (SSSR count). The van der Waals surface area contributed by atoms with Crippen LogP contribution in [0.2, 0.25) is 5.28 Å². The number of hydrogen-bond acceptors (Lipinski definition) is 10. The Bertz CT molecular complexity index is 7580. The number of H-pyrrole nitrogens is 1. The highest BCUT2D eigenvalue weighted by Crippen LogP contribution is 2.51. The second-order valence-electron chi connectivity index (χ2n) is 25.5. The van der Waals surface area contributed by atoms with Gasteiger partial charge in [-0.05, 0) is 99.9 Å². The first-order valence-corrected chi connectivity index (χ1v) is 38.5. The molecule has 10 aromatic heterocycles. The Morgan fingerprint density at radius 1 is 0.337 bits per heavy atom. The number of aromatic nitrogens is 6. The monoisotopic (exact) mass is 1410 g/mol. The first kappa shape index (κ1) is 57.8. The van der Waals surface area contributed by atoms with Gasteiger partial charge in [0.05, 0.1) is 43.4 Å². The number of halogens is 1. The molecule has 101 heavy (non-hydrogen) atoms. The molecule has 6 nitrogen and oxygen atoms in total. The molecule has 0 atom stereocenters. The lowest BCUT2D eigenvalue weighted by Crippen LogP contribution is -2.02. The number of nitrogens with one attached hydrogen (secondary N) is 1. The summed E-state index contributed by atoms with van der Waals surface area (Å²) < 4.78 is 15.2. The highest BCUT2D eigenvalue weighted by Gasteiger charge is 2.27. The molecule has 1 N–H and O–H groups in total. The van der Waals surface area contributed by atoms with Crippen LogP contribution in [0.1, 0.15) is 11.3 Å². The summed E-state index contributed by atoms with van der Waals surface area (Å²) in [4.78, 5) is 25.8. The predicted molar refractivity (Wildman–Crippen MR) is 442 cm³/mol. The molecule has 0 bridgehead atoms. The van der Waals surface area contributed by atoms with E-state index in [1.807, 2.05) is 57.5 Å². The molecule has 1 aliphatic rings. The maximum absolute atomic E-state index is 6.28. The Hall–Kier alpha value is -11.1. The number of fused-ring (bicyclic) bond motifs is 32. The van der Waals surface area contributed by atoms with Crippen LogP contribution in [0.15, 0.2) is 261 Å². The van der Waals surface area contributed by atoms with Crippen molar-refractivity contribution in [1.82, 2.24) is 29.5 Å². The van der Waals surface area contributed by atoms with Gasteiger partial charge in [0.2, 0.25) is 11.2 Å². The van der Waals surface area contributed by atoms with E-state index in [-0.39, 0.29) is 0 Å². The minimum absolute atomic E-state index is 0.291. The maximum atomic E-state index is 6.28. The molecule has 1 aliphatic carbocycles. The predicted octanol–water partition coefficient (Wildman–Crippen LogP) is 27.6. The van der Waals surface area contributed by atoms with E-state index >= 15 is 0 Å². The van der Waals surface area contributed by atoms with Crippen molar-refractivity contribution in [3.63, 3.8) is 0 Å². The van der Waals surface area contributed by atoms with Gasteiger partial charge in [-0.3, -0.25) is 9.55 Å². The van der Waals surface area contributed by atoms with Crippen LogP contribution < -0.4 is 0 Å². The summed E-state index contributed by atoms with van der Waals surface area (Å²) in [6.07, 6.45) is 9.40. The number of para-hydroxylation sites is 1. The molecule has 23 aromatic rings. The molecule has 0 radical (unpaired) electrons. The van der Waals surface area contributed by atoms with Gasteiger partial charge >= 0.3 is 0 Å². The third kappa shape index (κ3) is 8.75. The van der Waals surface area contributed by atoms with E-state index in [1.165, 1.54) is 155 Å². The van der Waals surface area contributed by atoms with E-state index in [0.29, 0.717) is 11.2 Å². The van der Waals surface area contributed by atoms with Crippen LogP contribution >= 0.6 is 79.6 Å². The molecule has 470 valence electrons. The summed E-state index contributed by atoms with van der Waals surface area (Å²) in [7, 11) is 0. The molecule has 0 aliphatic heterocycles. The van der Waals surface area contributed by atoms with Gasteiger partial charge < -0.3 is 0 Å². The van der Waals surface area contributed by atoms with Crippen LogP contribution in [-0.2, 0) is 0 Å². The Morgan fingerprint density at radius 3 is 1.32 bits per heavy atom. The number of rotatable bonds is 3. The lowest BCUT2D eigenvalue weighted by molar-refractivity contribution is 1.02. The molecular formula is C88H46ClN6S6+. The lowest BCUT2D eigenvalue weighted by atomic mass is 9.97. The summed E-state index contributed by atoms with van der Waals surface area (Å²) in [6, 6.07) is 91.6. The molecule has 10 heterocycles. The van der Waals surface area contributed by atoms with Gasteiger partial charge in [0.15, 0.2) is 5.69 Å². The third-order valence-corrected chi connectivity index (χ3v) is 27.0. The molecule has 0 spiro atoms. The van der Waals surface area contributed by atoms with Gasteiger partial charge in [0, 0.05) is 136 Å². The fraction of sp³-hybridized carbons (Fsp3) is 0. The topological polar surface area (TPSA) is 72.3 Å². The standard InChI is InChI=1S/C44H23N3S3.C22H11ClN2S2.C22H12NS/c1-2-13-27-26(12-1)37-28-14-3-7-17-32(28)47(41(37)42-38(27)29-15-5-9-19-34(29)49-42)44-45-40(39-30-16-6-10-20-35(30)50-43(39)46-44)24-21-22-36-31(23-24)25-11-4-8-18-33(25)48-36;23-22-24-20(19-14-6-2-4-8-17(14)27-21(19)25-22)12-9-10-18-15(11-12)13-5-1-3-7-16(13)26-18;1-2-8-14-13(7-1)19-15-9-3-5-11-17(15)23-21(19)22-20(14)16-10-4-6-12-18(16)24-22/h1-23H;1-11H;1-4,6-12,23H/q;;+1. The number of aromatic amines is 1. The van der Waals surface area contributed by atoms with Crippen molar-refractivity contribution in [2.75, 3.05) is 0 Å². The van der Waals surface area contributed by atoms with Gasteiger partial charge in [-0.25, -0.2) is 19.9 Å². The van der Waals surface area contributed by atoms with Crippen LogP contribution in [0.25, 0.3) is 216 Å². The van der Waals surface area contributed by atoms with Crippen molar-refractivity contribution in [1.29, 1.82) is 0 Å². The zero-order chi connectivity index (χ0) is 66.1. The summed E-state index contributed by atoms with van der Waals surface area (Å²) in [5, 5.41) is 24.3. The SMILES string of the molecule is Clc1nc(-c2ccc3sc4ccccc4c3c2)c2c(n1)sc1ccccc12.[C+]1=Cc2[nH]c3c4sc5ccccc5c4c4ccccc4c3c2C=C1.c1ccc2c(c1)sc1ccc(-c3nc(-n4c5ccccc5c5c6ccccc6c6c7ccccc7sc6c54)nc4sc5ccccc5c34)cc12. The Labute approximate surface area is 603 Å². The number of nitrogens with zero attached hydrogens (tertiary/aromatic N) is 5. The van der Waals surface area contributed by atoms with E-state index in [1.54, 1.807) is 22.7 Å². The second-order valence-corrected chi connectivity index (χ2v) is 32.2. The minimum Gasteiger partial charge on any atom is -0.299 e. The molecule has 0 amide bonds. The highest BCUT2D eigenvalue weighted by atomic mass is 35.5. The van der Waals surface area contributed by atoms with E-state index in [9.17, 15) is 0 Å². The molecule has 0 unspecified atom stereocenters. The summed E-state index contributed by atoms with van der Waals surface area (Å²) in [5.41, 5.74) is 10.0. The minimum atomic E-state index is 0.291. The van der Waals surface area contributed by atoms with Gasteiger partial charge in [0.25, 0.3) is 0 Å². The smallest absolute Gasteiger partial charge is 0.236 e. The van der Waals surface area contributed by atoms with Gasteiger partial charge in [-0.2, -0.15) is 0 Å². The Kier molecular flexibility index (Phi) is 12.8. The fourth-order valence-electron chi connectivity index (χ4n) is 15.7. The van der Waals surface area contributed by atoms with Crippen LogP contribution in [0.4, 0.5) is 0 Å². The van der Waals surface area contributed by atoms with Crippen LogP contribution in [0.3, 0.4) is 0 Å². The normalized spacial score (nSPS) is 12.4. The zero-order valence-electron chi connectivity index (χ0n) is 53.0. The molecule has 13 heteroatoms. The molecule has 0 saturated carbocycles. The molecule has 0 fully saturated rings. The second kappa shape index (κ2) is 22.4. The number of benzene rings is 13. The van der Waals surface area contributed by atoms with Crippen molar-refractivity contribution >= 4 is 267 Å². The number of allylic oxidation sites excluding steroid dienone is 2. The van der Waals surface area contributed by atoms with Crippen LogP contribution in [0.5, 0.6) is 0 Å². The van der Waals surface area contributed by atoms with Crippen molar-refractivity contribution in [2.45, 2.75) is 0 Å². The van der Waals surface area contributed by atoms with Crippen molar-refractivity contribution in [3.8, 4) is 28.5 Å². The van der Waals surface area contributed by atoms with Gasteiger partial charge in [-0.15, -0.1) is 68.0 Å². The third-order valence-electron chi connectivity index (χ3n) is 20.0. The summed E-state index contributed by atoms with van der Waals surface area (Å²) in [6.45, 7) is 0. The highest BCUT2D eigenvalue weighted by molar-refractivity contribution is 7.28. The number of thiophene rings is 6. The molecule has 13 aromatic carbocycles. The zero-order valence-corrected chi connectivity index (χ0v) is 58.7. The van der Waals surface area contributed by atoms with Crippen LogP contribution in [0, 0.1) is 6.08 Å². The summed E-state index contributed by atoms with van der Waals surface area (Å²) in [5.74, 6) is 0.703. The Morgan fingerprint density at radius 2 is 0.752 bits per heavy atom. The average molecular weight is 1420 g/mol. The summed E-state index contributed by atoms with van der Waals surface area (Å²) >= 11 is 17.1. The maximum Gasteiger partial charge on any atom is 0.236 e. The van der Waals surface area contributed by atoms with Gasteiger partial charge in [0.1, 0.15) is 27.4 Å². The van der Waals surface area contributed by atoms with Crippen LogP contribution in [-0.4, -0.2) is 29.5 Å². The van der Waals surface area contributed by atoms with E-state index in [0.717, 1.165) is 54.2 Å². The average Bonchev–Trinajstić information content (AvgIpc) is 1.54.